The molecule has 1 aromatic carbocycles. The number of hydrogen-bond acceptors (Lipinski definition) is 5. The molecule has 0 saturated heterocycles. The third kappa shape index (κ3) is 5.30. The summed E-state index contributed by atoms with van der Waals surface area (Å²) in [6, 6.07) is 6.05. The van der Waals surface area contributed by atoms with E-state index in [4.69, 9.17) is 9.47 Å². The Morgan fingerprint density at radius 2 is 1.52 bits per heavy atom. The molecule has 130 valence electrons. The molecule has 0 aliphatic rings. The topological polar surface area (TPSA) is 72.9 Å². The first-order chi connectivity index (χ1) is 10.8. The average Bonchev–Trinajstić information content (AvgIpc) is 2.54. The number of methoxy groups -OCH3 is 2. The van der Waals surface area contributed by atoms with E-state index >= 15 is 0 Å². The molecule has 0 spiro atoms. The summed E-state index contributed by atoms with van der Waals surface area (Å²) >= 11 is 0. The highest BCUT2D eigenvalue weighted by molar-refractivity contribution is 7.92. The van der Waals surface area contributed by atoms with Crippen LogP contribution in [-0.4, -0.2) is 65.0 Å². The highest BCUT2D eigenvalue weighted by Gasteiger charge is 2.20. The predicted octanol–water partition coefficient (Wildman–Crippen LogP) is 1.60. The Labute approximate surface area is 138 Å². The highest BCUT2D eigenvalue weighted by Crippen LogP contribution is 2.17. The first-order valence-electron chi connectivity index (χ1n) is 7.45. The minimum atomic E-state index is -3.33. The summed E-state index contributed by atoms with van der Waals surface area (Å²) in [5.41, 5.74) is 0.444. The number of nitrogens with zero attached hydrogens (tertiary/aromatic N) is 1. The average molecular weight is 343 g/mol. The molecule has 0 bridgehead atoms. The van der Waals surface area contributed by atoms with Crippen molar-refractivity contribution in [1.82, 2.24) is 4.90 Å². The van der Waals surface area contributed by atoms with E-state index in [1.807, 2.05) is 0 Å². The van der Waals surface area contributed by atoms with Crippen LogP contribution in [0.3, 0.4) is 0 Å². The minimum absolute atomic E-state index is 0.174. The van der Waals surface area contributed by atoms with Gasteiger partial charge in [-0.1, -0.05) is 0 Å². The van der Waals surface area contributed by atoms with E-state index in [1.54, 1.807) is 45.1 Å². The molecule has 1 aromatic rings. The standard InChI is InChI=1S/C16H25NO5S/c1-13(2)23(19,20)15-7-5-14(6-8-15)16(18)17(9-11-21-3)10-12-22-4/h5-8,13H,9-12H2,1-4H3. The fourth-order valence-electron chi connectivity index (χ4n) is 1.96. The van der Waals surface area contributed by atoms with Crippen LogP contribution in [0.4, 0.5) is 0 Å². The van der Waals surface area contributed by atoms with Crippen LogP contribution in [0.1, 0.15) is 24.2 Å². The quantitative estimate of drug-likeness (QED) is 0.681. The molecule has 0 unspecified atom stereocenters. The van der Waals surface area contributed by atoms with Crippen LogP contribution in [0, 0.1) is 0 Å². The number of rotatable bonds is 9. The molecule has 0 fully saturated rings. The molecule has 1 amide bonds. The maximum Gasteiger partial charge on any atom is 0.254 e. The third-order valence-electron chi connectivity index (χ3n) is 3.47. The summed E-state index contributed by atoms with van der Waals surface area (Å²) in [5, 5.41) is -0.496. The Balaban J connectivity index is 2.93. The van der Waals surface area contributed by atoms with Crippen molar-refractivity contribution in [3.8, 4) is 0 Å². The van der Waals surface area contributed by atoms with Crippen LogP contribution in [0.2, 0.25) is 0 Å². The van der Waals surface area contributed by atoms with Gasteiger partial charge >= 0.3 is 0 Å². The lowest BCUT2D eigenvalue weighted by molar-refractivity contribution is 0.0627. The zero-order valence-electron chi connectivity index (χ0n) is 14.1. The van der Waals surface area contributed by atoms with Crippen molar-refractivity contribution in [2.75, 3.05) is 40.5 Å². The molecule has 0 radical (unpaired) electrons. The van der Waals surface area contributed by atoms with Gasteiger partial charge in [-0.05, 0) is 38.1 Å². The number of ether oxygens (including phenoxy) is 2. The van der Waals surface area contributed by atoms with Crippen molar-refractivity contribution in [1.29, 1.82) is 0 Å². The van der Waals surface area contributed by atoms with Crippen molar-refractivity contribution in [3.05, 3.63) is 29.8 Å². The molecular formula is C16H25NO5S. The summed E-state index contributed by atoms with van der Waals surface area (Å²) in [7, 11) is -0.185. The van der Waals surface area contributed by atoms with Gasteiger partial charge in [-0.3, -0.25) is 4.79 Å². The largest absolute Gasteiger partial charge is 0.383 e. The Morgan fingerprint density at radius 3 is 1.91 bits per heavy atom. The van der Waals surface area contributed by atoms with Crippen molar-refractivity contribution in [2.24, 2.45) is 0 Å². The van der Waals surface area contributed by atoms with Gasteiger partial charge in [0.25, 0.3) is 5.91 Å². The van der Waals surface area contributed by atoms with Gasteiger partial charge in [0, 0.05) is 32.9 Å². The second-order valence-electron chi connectivity index (χ2n) is 5.40. The third-order valence-corrected chi connectivity index (χ3v) is 5.64. The molecule has 0 aromatic heterocycles. The summed E-state index contributed by atoms with van der Waals surface area (Å²) in [5.74, 6) is -0.174. The van der Waals surface area contributed by atoms with Gasteiger partial charge in [0.05, 0.1) is 23.4 Å². The molecule has 0 aliphatic heterocycles. The van der Waals surface area contributed by atoms with Crippen molar-refractivity contribution < 1.29 is 22.7 Å². The van der Waals surface area contributed by atoms with Crippen LogP contribution >= 0.6 is 0 Å². The van der Waals surface area contributed by atoms with E-state index in [0.717, 1.165) is 0 Å². The lowest BCUT2D eigenvalue weighted by Gasteiger charge is -2.22. The molecule has 0 heterocycles. The van der Waals surface area contributed by atoms with E-state index in [9.17, 15) is 13.2 Å². The van der Waals surface area contributed by atoms with Gasteiger partial charge in [0.15, 0.2) is 9.84 Å². The fourth-order valence-corrected chi connectivity index (χ4v) is 3.02. The van der Waals surface area contributed by atoms with Crippen LogP contribution in [0.5, 0.6) is 0 Å². The van der Waals surface area contributed by atoms with Gasteiger partial charge in [-0.15, -0.1) is 0 Å². The normalized spacial score (nSPS) is 11.7. The molecule has 0 aliphatic carbocycles. The van der Waals surface area contributed by atoms with Gasteiger partial charge < -0.3 is 14.4 Å². The Hall–Kier alpha value is -1.44. The Bertz CT molecular complexity index is 587. The Kier molecular flexibility index (Phi) is 7.67. The zero-order valence-corrected chi connectivity index (χ0v) is 14.9. The first-order valence-corrected chi connectivity index (χ1v) is 9.00. The maximum atomic E-state index is 12.5. The summed E-state index contributed by atoms with van der Waals surface area (Å²) in [6.07, 6.45) is 0. The fraction of sp³-hybridized carbons (Fsp3) is 0.562. The van der Waals surface area contributed by atoms with Crippen molar-refractivity contribution in [2.45, 2.75) is 24.0 Å². The predicted molar refractivity (Wildman–Crippen MR) is 88.4 cm³/mol. The Morgan fingerprint density at radius 1 is 1.04 bits per heavy atom. The second kappa shape index (κ2) is 9.00. The second-order valence-corrected chi connectivity index (χ2v) is 7.90. The molecule has 0 saturated carbocycles. The van der Waals surface area contributed by atoms with Gasteiger partial charge in [-0.25, -0.2) is 8.42 Å². The van der Waals surface area contributed by atoms with Crippen LogP contribution in [-0.2, 0) is 19.3 Å². The van der Waals surface area contributed by atoms with E-state index in [2.05, 4.69) is 0 Å². The number of carbonyl (C=O) groups excluding carboxylic acids is 1. The summed E-state index contributed by atoms with van der Waals surface area (Å²) < 4.78 is 34.2. The highest BCUT2D eigenvalue weighted by atomic mass is 32.2. The van der Waals surface area contributed by atoms with E-state index in [1.165, 1.54) is 12.1 Å². The first kappa shape index (κ1) is 19.6. The van der Waals surface area contributed by atoms with Crippen LogP contribution in [0.15, 0.2) is 29.2 Å². The van der Waals surface area contributed by atoms with Crippen molar-refractivity contribution >= 4 is 15.7 Å². The van der Waals surface area contributed by atoms with E-state index in [-0.39, 0.29) is 10.8 Å². The molecule has 23 heavy (non-hydrogen) atoms. The van der Waals surface area contributed by atoms with Gasteiger partial charge in [-0.2, -0.15) is 0 Å². The molecule has 7 heteroatoms. The number of sulfone groups is 1. The molecular weight excluding hydrogens is 318 g/mol. The molecule has 6 nitrogen and oxygen atoms in total. The van der Waals surface area contributed by atoms with Crippen LogP contribution < -0.4 is 0 Å². The SMILES string of the molecule is COCCN(CCOC)C(=O)c1ccc(S(=O)(=O)C(C)C)cc1. The number of amides is 1. The van der Waals surface area contributed by atoms with Crippen LogP contribution in [0.25, 0.3) is 0 Å². The monoisotopic (exact) mass is 343 g/mol. The number of carbonyl (C=O) groups is 1. The van der Waals surface area contributed by atoms with Gasteiger partial charge in [0.2, 0.25) is 0 Å². The summed E-state index contributed by atoms with van der Waals surface area (Å²) in [4.78, 5) is 14.4. The lowest BCUT2D eigenvalue weighted by Crippen LogP contribution is -2.36. The van der Waals surface area contributed by atoms with E-state index < -0.39 is 15.1 Å². The van der Waals surface area contributed by atoms with Gasteiger partial charge in [0.1, 0.15) is 0 Å². The molecule has 0 atom stereocenters. The summed E-state index contributed by atoms with van der Waals surface area (Å²) in [6.45, 7) is 5.01. The number of hydrogen-bond donors (Lipinski definition) is 0. The van der Waals surface area contributed by atoms with Crippen molar-refractivity contribution in [3.63, 3.8) is 0 Å². The maximum absolute atomic E-state index is 12.5. The smallest absolute Gasteiger partial charge is 0.254 e. The molecule has 0 N–H and O–H groups in total. The lowest BCUT2D eigenvalue weighted by atomic mass is 10.2. The zero-order chi connectivity index (χ0) is 17.5. The number of benzene rings is 1. The molecule has 1 rings (SSSR count). The van der Waals surface area contributed by atoms with E-state index in [0.29, 0.717) is 31.9 Å². The minimum Gasteiger partial charge on any atom is -0.383 e.